The lowest BCUT2D eigenvalue weighted by molar-refractivity contribution is -0.135. The van der Waals surface area contributed by atoms with E-state index in [1.807, 2.05) is 0 Å². The minimum atomic E-state index is -1.13. The maximum Gasteiger partial charge on any atom is 0.323 e. The number of carbonyl (C=O) groups is 2. The highest BCUT2D eigenvalue weighted by Gasteiger charge is 2.25. The normalized spacial score (nSPS) is 10.4. The third kappa shape index (κ3) is 3.17. The summed E-state index contributed by atoms with van der Waals surface area (Å²) >= 11 is 7.28. The number of rotatable bonds is 4. The molecule has 0 aliphatic rings. The first kappa shape index (κ1) is 15.3. The van der Waals surface area contributed by atoms with E-state index >= 15 is 0 Å². The molecule has 1 heterocycles. The Bertz CT molecular complexity index is 699. The van der Waals surface area contributed by atoms with Crippen molar-refractivity contribution in [1.29, 1.82) is 0 Å². The Morgan fingerprint density at radius 2 is 2.05 bits per heavy atom. The molecule has 0 radical (unpaired) electrons. The van der Waals surface area contributed by atoms with Crippen LogP contribution in [0.15, 0.2) is 29.6 Å². The van der Waals surface area contributed by atoms with Gasteiger partial charge in [0, 0.05) is 0 Å². The molecule has 1 amide bonds. The third-order valence-electron chi connectivity index (χ3n) is 2.86. The summed E-state index contributed by atoms with van der Waals surface area (Å²) in [7, 11) is 0. The van der Waals surface area contributed by atoms with Crippen molar-refractivity contribution in [2.45, 2.75) is 6.92 Å². The van der Waals surface area contributed by atoms with E-state index in [2.05, 4.69) is 0 Å². The number of carboxylic acids is 1. The number of nitrogen functional groups attached to an aromatic ring is 1. The van der Waals surface area contributed by atoms with Crippen molar-refractivity contribution in [3.63, 3.8) is 0 Å². The smallest absolute Gasteiger partial charge is 0.323 e. The molecule has 1 aromatic carbocycles. The van der Waals surface area contributed by atoms with Crippen LogP contribution in [0.1, 0.15) is 15.2 Å². The molecule has 3 N–H and O–H groups in total. The highest BCUT2D eigenvalue weighted by Crippen LogP contribution is 2.31. The Morgan fingerprint density at radius 1 is 1.38 bits per heavy atom. The average Bonchev–Trinajstić information content (AvgIpc) is 2.76. The van der Waals surface area contributed by atoms with Crippen LogP contribution in [0.25, 0.3) is 0 Å². The second-order valence-corrected chi connectivity index (χ2v) is 5.66. The van der Waals surface area contributed by atoms with Crippen molar-refractivity contribution in [3.8, 4) is 0 Å². The molecule has 0 fully saturated rings. The standard InChI is InChI=1S/C14H13ClN2O3S/c1-8-7-21-13(12(8)15)14(20)17(6-11(18)19)10-5-3-2-4-9(10)16/h2-5,7H,6,16H2,1H3,(H,18,19). The van der Waals surface area contributed by atoms with Gasteiger partial charge in [0.05, 0.1) is 16.4 Å². The van der Waals surface area contributed by atoms with Gasteiger partial charge in [0.2, 0.25) is 0 Å². The number of aliphatic carboxylic acids is 1. The van der Waals surface area contributed by atoms with Crippen LogP contribution in [0, 0.1) is 6.92 Å². The van der Waals surface area contributed by atoms with E-state index in [9.17, 15) is 9.59 Å². The summed E-state index contributed by atoms with van der Waals surface area (Å²) < 4.78 is 0. The van der Waals surface area contributed by atoms with Crippen LogP contribution >= 0.6 is 22.9 Å². The van der Waals surface area contributed by atoms with Crippen LogP contribution in [0.3, 0.4) is 0 Å². The van der Waals surface area contributed by atoms with E-state index in [0.717, 1.165) is 10.5 Å². The average molecular weight is 325 g/mol. The summed E-state index contributed by atoms with van der Waals surface area (Å²) in [5.74, 6) is -1.60. The lowest BCUT2D eigenvalue weighted by atomic mass is 10.2. The van der Waals surface area contributed by atoms with Gasteiger partial charge in [0.15, 0.2) is 0 Å². The minimum Gasteiger partial charge on any atom is -0.480 e. The van der Waals surface area contributed by atoms with Gasteiger partial charge in [-0.15, -0.1) is 11.3 Å². The molecule has 5 nitrogen and oxygen atoms in total. The van der Waals surface area contributed by atoms with Crippen molar-refractivity contribution in [2.75, 3.05) is 17.2 Å². The topological polar surface area (TPSA) is 83.6 Å². The van der Waals surface area contributed by atoms with Gasteiger partial charge in [0.1, 0.15) is 11.4 Å². The molecule has 0 bridgehead atoms. The molecule has 0 unspecified atom stereocenters. The largest absolute Gasteiger partial charge is 0.480 e. The Morgan fingerprint density at radius 3 is 2.57 bits per heavy atom. The number of nitrogens with zero attached hydrogens (tertiary/aromatic N) is 1. The van der Waals surface area contributed by atoms with Gasteiger partial charge in [-0.3, -0.25) is 14.5 Å². The first-order chi connectivity index (χ1) is 9.91. The number of hydrogen-bond donors (Lipinski definition) is 2. The second-order valence-electron chi connectivity index (χ2n) is 4.41. The molecule has 0 saturated heterocycles. The van der Waals surface area contributed by atoms with E-state index in [1.54, 1.807) is 36.6 Å². The van der Waals surface area contributed by atoms with E-state index in [0.29, 0.717) is 21.3 Å². The first-order valence-corrected chi connectivity index (χ1v) is 7.29. The Hall–Kier alpha value is -2.05. The fourth-order valence-electron chi connectivity index (χ4n) is 1.83. The van der Waals surface area contributed by atoms with Crippen molar-refractivity contribution in [1.82, 2.24) is 0 Å². The van der Waals surface area contributed by atoms with E-state index in [4.69, 9.17) is 22.4 Å². The van der Waals surface area contributed by atoms with Crippen molar-refractivity contribution in [3.05, 3.63) is 45.1 Å². The number of carboxylic acid groups (broad SMARTS) is 1. The summed E-state index contributed by atoms with van der Waals surface area (Å²) in [5, 5.41) is 11.1. The second kappa shape index (κ2) is 6.15. The molecule has 110 valence electrons. The van der Waals surface area contributed by atoms with E-state index in [-0.39, 0.29) is 0 Å². The quantitative estimate of drug-likeness (QED) is 0.847. The van der Waals surface area contributed by atoms with Crippen LogP contribution in [0.5, 0.6) is 0 Å². The van der Waals surface area contributed by atoms with E-state index < -0.39 is 18.4 Å². The zero-order chi connectivity index (χ0) is 15.6. The fraction of sp³-hybridized carbons (Fsp3) is 0.143. The summed E-state index contributed by atoms with van der Waals surface area (Å²) in [6, 6.07) is 6.61. The number of amides is 1. The number of hydrogen-bond acceptors (Lipinski definition) is 4. The number of nitrogens with two attached hydrogens (primary N) is 1. The molecule has 0 aliphatic carbocycles. The lowest BCUT2D eigenvalue weighted by Crippen LogP contribution is -2.36. The molecule has 1 aromatic heterocycles. The van der Waals surface area contributed by atoms with Crippen LogP contribution in [-0.4, -0.2) is 23.5 Å². The summed E-state index contributed by atoms with van der Waals surface area (Å²) in [5.41, 5.74) is 7.30. The highest BCUT2D eigenvalue weighted by atomic mass is 35.5. The summed E-state index contributed by atoms with van der Waals surface area (Å²) in [4.78, 5) is 25.1. The number of aryl methyl sites for hydroxylation is 1. The molecule has 0 spiro atoms. The van der Waals surface area contributed by atoms with Gasteiger partial charge in [-0.05, 0) is 30.0 Å². The highest BCUT2D eigenvalue weighted by molar-refractivity contribution is 7.13. The number of halogens is 1. The molecular weight excluding hydrogens is 312 g/mol. The molecule has 2 aromatic rings. The molecule has 21 heavy (non-hydrogen) atoms. The summed E-state index contributed by atoms with van der Waals surface area (Å²) in [6.07, 6.45) is 0. The predicted octanol–water partition coefficient (Wildman–Crippen LogP) is 3.02. The van der Waals surface area contributed by atoms with E-state index in [1.165, 1.54) is 11.3 Å². The Balaban J connectivity index is 2.46. The number of anilines is 2. The SMILES string of the molecule is Cc1csc(C(=O)N(CC(=O)O)c2ccccc2N)c1Cl. The van der Waals surface area contributed by atoms with Crippen LogP contribution in [0.4, 0.5) is 11.4 Å². The summed E-state index contributed by atoms with van der Waals surface area (Å²) in [6.45, 7) is 1.30. The number of para-hydroxylation sites is 2. The van der Waals surface area contributed by atoms with Gasteiger partial charge in [0.25, 0.3) is 5.91 Å². The van der Waals surface area contributed by atoms with Crippen LogP contribution in [-0.2, 0) is 4.79 Å². The van der Waals surface area contributed by atoms with Gasteiger partial charge in [-0.2, -0.15) is 0 Å². The van der Waals surface area contributed by atoms with Gasteiger partial charge in [-0.25, -0.2) is 0 Å². The molecule has 2 rings (SSSR count). The molecule has 0 atom stereocenters. The van der Waals surface area contributed by atoms with Gasteiger partial charge >= 0.3 is 5.97 Å². The van der Waals surface area contributed by atoms with Crippen LogP contribution < -0.4 is 10.6 Å². The van der Waals surface area contributed by atoms with Crippen molar-refractivity contribution in [2.24, 2.45) is 0 Å². The first-order valence-electron chi connectivity index (χ1n) is 6.03. The monoisotopic (exact) mass is 324 g/mol. The third-order valence-corrected chi connectivity index (χ3v) is 4.54. The Kier molecular flexibility index (Phi) is 4.50. The van der Waals surface area contributed by atoms with Gasteiger partial charge in [-0.1, -0.05) is 23.7 Å². The molecule has 7 heteroatoms. The predicted molar refractivity (Wildman–Crippen MR) is 84.2 cm³/mol. The van der Waals surface area contributed by atoms with Crippen molar-refractivity contribution < 1.29 is 14.7 Å². The van der Waals surface area contributed by atoms with Crippen LogP contribution in [0.2, 0.25) is 5.02 Å². The molecule has 0 saturated carbocycles. The zero-order valence-corrected chi connectivity index (χ0v) is 12.7. The minimum absolute atomic E-state index is 0.304. The fourth-order valence-corrected chi connectivity index (χ4v) is 3.05. The number of thiophene rings is 1. The Labute approximate surface area is 130 Å². The lowest BCUT2D eigenvalue weighted by Gasteiger charge is -2.22. The zero-order valence-electron chi connectivity index (χ0n) is 11.2. The maximum absolute atomic E-state index is 12.6. The number of carbonyl (C=O) groups excluding carboxylic acids is 1. The number of benzene rings is 1. The van der Waals surface area contributed by atoms with Gasteiger partial charge < -0.3 is 10.8 Å². The molecular formula is C14H13ClN2O3S. The van der Waals surface area contributed by atoms with Crippen molar-refractivity contribution >= 4 is 46.2 Å². The maximum atomic E-state index is 12.6. The molecule has 0 aliphatic heterocycles.